The molecule has 1 amide bonds. The largest absolute Gasteiger partial charge is 0.383 e. The lowest BCUT2D eigenvalue weighted by Gasteiger charge is -2.26. The number of anilines is 1. The minimum atomic E-state index is -0.494. The Hall–Kier alpha value is -2.19. The summed E-state index contributed by atoms with van der Waals surface area (Å²) in [5, 5.41) is 17.0. The van der Waals surface area contributed by atoms with Gasteiger partial charge in [0, 0.05) is 38.0 Å². The Kier molecular flexibility index (Phi) is 8.30. The number of non-ortho nitro benzene ring substituents is 1. The first-order valence-electron chi connectivity index (χ1n) is 9.13. The number of rotatable bonds is 10. The highest BCUT2D eigenvalue weighted by Crippen LogP contribution is 2.22. The number of likely N-dealkylation sites (tertiary alicyclic amines) is 1. The monoisotopic (exact) mass is 364 g/mol. The fourth-order valence-corrected chi connectivity index (χ4v) is 3.06. The summed E-state index contributed by atoms with van der Waals surface area (Å²) in [6.07, 6.45) is 4.67. The summed E-state index contributed by atoms with van der Waals surface area (Å²) < 4.78 is 4.99. The molecule has 2 rings (SSSR count). The second-order valence-corrected chi connectivity index (χ2v) is 6.42. The average molecular weight is 364 g/mol. The zero-order valence-corrected chi connectivity index (χ0v) is 15.3. The Morgan fingerprint density at radius 1 is 1.27 bits per heavy atom. The van der Waals surface area contributed by atoms with Gasteiger partial charge < -0.3 is 20.3 Å². The Balaban J connectivity index is 1.91. The van der Waals surface area contributed by atoms with Gasteiger partial charge in [-0.05, 0) is 45.0 Å². The molecule has 1 fully saturated rings. The number of carbonyl (C=O) groups excluding carboxylic acids is 1. The number of hydrogen-bond donors (Lipinski definition) is 2. The maximum Gasteiger partial charge on any atom is 0.270 e. The van der Waals surface area contributed by atoms with Crippen LogP contribution < -0.4 is 10.6 Å². The topological polar surface area (TPSA) is 96.7 Å². The molecule has 1 aliphatic heterocycles. The van der Waals surface area contributed by atoms with Gasteiger partial charge in [-0.15, -0.1) is 0 Å². The fourth-order valence-electron chi connectivity index (χ4n) is 3.06. The minimum Gasteiger partial charge on any atom is -0.383 e. The fraction of sp³-hybridized carbons (Fsp3) is 0.611. The lowest BCUT2D eigenvalue weighted by Crippen LogP contribution is -2.33. The van der Waals surface area contributed by atoms with Gasteiger partial charge >= 0.3 is 0 Å². The van der Waals surface area contributed by atoms with Crippen LogP contribution in [0.4, 0.5) is 11.4 Å². The van der Waals surface area contributed by atoms with E-state index in [1.54, 1.807) is 13.2 Å². The lowest BCUT2D eigenvalue weighted by molar-refractivity contribution is -0.384. The van der Waals surface area contributed by atoms with E-state index in [9.17, 15) is 14.9 Å². The van der Waals surface area contributed by atoms with Crippen LogP contribution in [0.1, 0.15) is 36.0 Å². The van der Waals surface area contributed by atoms with E-state index in [4.69, 9.17) is 4.74 Å². The average Bonchev–Trinajstić information content (AvgIpc) is 2.66. The first-order chi connectivity index (χ1) is 12.6. The molecule has 26 heavy (non-hydrogen) atoms. The van der Waals surface area contributed by atoms with Crippen molar-refractivity contribution in [3.63, 3.8) is 0 Å². The molecule has 144 valence electrons. The molecule has 1 heterocycles. The molecule has 1 saturated heterocycles. The van der Waals surface area contributed by atoms with Gasteiger partial charge in [0.05, 0.1) is 17.1 Å². The van der Waals surface area contributed by atoms with E-state index >= 15 is 0 Å². The third-order valence-corrected chi connectivity index (χ3v) is 4.47. The number of ether oxygens (including phenoxy) is 1. The third kappa shape index (κ3) is 6.27. The number of nitro groups is 1. The van der Waals surface area contributed by atoms with Crippen LogP contribution in [0.25, 0.3) is 0 Å². The lowest BCUT2D eigenvalue weighted by atomic mass is 10.1. The van der Waals surface area contributed by atoms with E-state index in [0.717, 1.165) is 26.1 Å². The molecular formula is C18H28N4O4. The van der Waals surface area contributed by atoms with Gasteiger partial charge in [0.2, 0.25) is 0 Å². The van der Waals surface area contributed by atoms with Crippen molar-refractivity contribution in [3.05, 3.63) is 33.9 Å². The smallest absolute Gasteiger partial charge is 0.270 e. The number of carbonyl (C=O) groups is 1. The molecule has 0 saturated carbocycles. The van der Waals surface area contributed by atoms with Crippen LogP contribution in [-0.4, -0.2) is 62.2 Å². The summed E-state index contributed by atoms with van der Waals surface area (Å²) in [6.45, 7) is 4.78. The predicted octanol–water partition coefficient (Wildman–Crippen LogP) is 2.26. The van der Waals surface area contributed by atoms with Crippen molar-refractivity contribution in [2.75, 3.05) is 51.8 Å². The van der Waals surface area contributed by atoms with Gasteiger partial charge in [0.1, 0.15) is 0 Å². The molecule has 0 atom stereocenters. The van der Waals surface area contributed by atoms with E-state index < -0.39 is 4.92 Å². The molecule has 0 bridgehead atoms. The quantitative estimate of drug-likeness (QED) is 0.375. The van der Waals surface area contributed by atoms with Crippen LogP contribution in [0.5, 0.6) is 0 Å². The molecular weight excluding hydrogens is 336 g/mol. The SMILES string of the molecule is COCCNc1ccc([N+](=O)[O-])cc1C(=O)NCCCN1CCCCC1. The number of nitro benzene ring substituents is 1. The number of benzene rings is 1. The first kappa shape index (κ1) is 20.1. The highest BCUT2D eigenvalue weighted by atomic mass is 16.6. The standard InChI is InChI=1S/C18H28N4O4/c1-26-13-9-19-17-7-6-15(22(24)25)14-16(17)18(23)20-8-5-12-21-10-3-2-4-11-21/h6-7,14,19H,2-5,8-13H2,1H3,(H,20,23). The molecule has 0 radical (unpaired) electrons. The Morgan fingerprint density at radius 3 is 2.73 bits per heavy atom. The predicted molar refractivity (Wildman–Crippen MR) is 101 cm³/mol. The van der Waals surface area contributed by atoms with E-state index in [1.807, 2.05) is 0 Å². The molecule has 0 spiro atoms. The van der Waals surface area contributed by atoms with Gasteiger partial charge in [-0.25, -0.2) is 0 Å². The van der Waals surface area contributed by atoms with E-state index in [0.29, 0.717) is 25.4 Å². The van der Waals surface area contributed by atoms with Crippen LogP contribution in [0.2, 0.25) is 0 Å². The van der Waals surface area contributed by atoms with Crippen molar-refractivity contribution in [2.45, 2.75) is 25.7 Å². The number of piperidine rings is 1. The first-order valence-corrected chi connectivity index (χ1v) is 9.13. The van der Waals surface area contributed by atoms with Crippen molar-refractivity contribution in [1.82, 2.24) is 10.2 Å². The van der Waals surface area contributed by atoms with Crippen LogP contribution in [-0.2, 0) is 4.74 Å². The Morgan fingerprint density at radius 2 is 2.04 bits per heavy atom. The molecule has 0 aromatic heterocycles. The summed E-state index contributed by atoms with van der Waals surface area (Å²) in [7, 11) is 1.59. The van der Waals surface area contributed by atoms with E-state index in [-0.39, 0.29) is 17.2 Å². The van der Waals surface area contributed by atoms with Gasteiger partial charge in [0.25, 0.3) is 11.6 Å². The van der Waals surface area contributed by atoms with Gasteiger partial charge in [-0.2, -0.15) is 0 Å². The van der Waals surface area contributed by atoms with Gasteiger partial charge in [-0.1, -0.05) is 6.42 Å². The summed E-state index contributed by atoms with van der Waals surface area (Å²) in [5.74, 6) is -0.299. The number of amides is 1. The molecule has 1 aromatic rings. The molecule has 0 aliphatic carbocycles. The highest BCUT2D eigenvalue weighted by Gasteiger charge is 2.17. The molecule has 0 unspecified atom stereocenters. The summed E-state index contributed by atoms with van der Waals surface area (Å²) in [5.41, 5.74) is 0.759. The zero-order valence-electron chi connectivity index (χ0n) is 15.3. The Bertz CT molecular complexity index is 603. The maximum atomic E-state index is 12.5. The Labute approximate surface area is 154 Å². The normalized spacial score (nSPS) is 14.8. The molecule has 1 aliphatic rings. The van der Waals surface area contributed by atoms with Gasteiger partial charge in [0.15, 0.2) is 0 Å². The summed E-state index contributed by atoms with van der Waals surface area (Å²) in [4.78, 5) is 25.4. The van der Waals surface area contributed by atoms with Crippen molar-refractivity contribution in [3.8, 4) is 0 Å². The second kappa shape index (κ2) is 10.7. The number of nitrogens with one attached hydrogen (secondary N) is 2. The van der Waals surface area contributed by atoms with Crippen molar-refractivity contribution in [1.29, 1.82) is 0 Å². The maximum absolute atomic E-state index is 12.5. The summed E-state index contributed by atoms with van der Waals surface area (Å²) >= 11 is 0. The molecule has 8 heteroatoms. The van der Waals surface area contributed by atoms with Crippen LogP contribution >= 0.6 is 0 Å². The van der Waals surface area contributed by atoms with Crippen molar-refractivity contribution in [2.24, 2.45) is 0 Å². The van der Waals surface area contributed by atoms with E-state index in [1.165, 1.54) is 31.4 Å². The second-order valence-electron chi connectivity index (χ2n) is 6.42. The van der Waals surface area contributed by atoms with Crippen LogP contribution in [0, 0.1) is 10.1 Å². The number of methoxy groups -OCH3 is 1. The zero-order chi connectivity index (χ0) is 18.8. The third-order valence-electron chi connectivity index (χ3n) is 4.47. The van der Waals surface area contributed by atoms with E-state index in [2.05, 4.69) is 15.5 Å². The van der Waals surface area contributed by atoms with Crippen molar-refractivity contribution >= 4 is 17.3 Å². The minimum absolute atomic E-state index is 0.0965. The summed E-state index contributed by atoms with van der Waals surface area (Å²) in [6, 6.07) is 4.27. The van der Waals surface area contributed by atoms with Gasteiger partial charge in [-0.3, -0.25) is 14.9 Å². The molecule has 8 nitrogen and oxygen atoms in total. The highest BCUT2D eigenvalue weighted by molar-refractivity contribution is 6.00. The molecule has 1 aromatic carbocycles. The van der Waals surface area contributed by atoms with Crippen molar-refractivity contribution < 1.29 is 14.5 Å². The molecule has 2 N–H and O–H groups in total. The van der Waals surface area contributed by atoms with Crippen LogP contribution in [0.3, 0.4) is 0 Å². The van der Waals surface area contributed by atoms with Crippen LogP contribution in [0.15, 0.2) is 18.2 Å². The number of hydrogen-bond acceptors (Lipinski definition) is 6. The number of nitrogens with zero attached hydrogens (tertiary/aromatic N) is 2.